The van der Waals surface area contributed by atoms with E-state index in [1.54, 1.807) is 24.5 Å². The predicted molar refractivity (Wildman–Crippen MR) is 149 cm³/mol. The summed E-state index contributed by atoms with van der Waals surface area (Å²) in [6.45, 7) is 1.89. The molecule has 3 aliphatic rings. The van der Waals surface area contributed by atoms with E-state index in [1.807, 2.05) is 35.9 Å². The van der Waals surface area contributed by atoms with Crippen molar-refractivity contribution in [2.45, 2.75) is 38.0 Å². The monoisotopic (exact) mass is 546 g/mol. The highest BCUT2D eigenvalue weighted by atomic mass is 16.2. The highest BCUT2D eigenvalue weighted by Crippen LogP contribution is 2.46. The number of nitrogens with one attached hydrogen (secondary N) is 1. The summed E-state index contributed by atoms with van der Waals surface area (Å²) < 4.78 is 1.88. The number of carbonyl (C=O) groups is 3. The maximum Gasteiger partial charge on any atom is 0.331 e. The predicted octanol–water partition coefficient (Wildman–Crippen LogP) is 3.25. The Bertz CT molecular complexity index is 1820. The van der Waals surface area contributed by atoms with Crippen molar-refractivity contribution in [3.05, 3.63) is 77.4 Å². The Morgan fingerprint density at radius 1 is 1.05 bits per heavy atom. The van der Waals surface area contributed by atoms with E-state index < -0.39 is 0 Å². The Hall–Kier alpha value is -5.11. The smallest absolute Gasteiger partial charge is 0.310 e. The lowest BCUT2D eigenvalue weighted by Crippen LogP contribution is -2.30. The van der Waals surface area contributed by atoms with Gasteiger partial charge in [0.1, 0.15) is 23.9 Å². The molecule has 2 unspecified atom stereocenters. The van der Waals surface area contributed by atoms with Crippen LogP contribution in [0.5, 0.6) is 0 Å². The maximum atomic E-state index is 12.8. The number of anilines is 2. The van der Waals surface area contributed by atoms with Crippen LogP contribution in [0.2, 0.25) is 0 Å². The molecule has 2 aliphatic carbocycles. The number of amides is 4. The van der Waals surface area contributed by atoms with Gasteiger partial charge in [0.2, 0.25) is 11.8 Å². The average molecular weight is 547 g/mol. The second-order valence-corrected chi connectivity index (χ2v) is 10.8. The molecule has 1 N–H and O–H groups in total. The molecule has 4 aromatic heterocycles. The fourth-order valence-corrected chi connectivity index (χ4v) is 5.13. The number of fused-ring (bicyclic) bond motifs is 1. The van der Waals surface area contributed by atoms with Crippen molar-refractivity contribution in [3.8, 4) is 11.8 Å². The van der Waals surface area contributed by atoms with Crippen molar-refractivity contribution in [3.63, 3.8) is 0 Å². The summed E-state index contributed by atoms with van der Waals surface area (Å²) in [6.07, 6.45) is 10.1. The molecule has 41 heavy (non-hydrogen) atoms. The highest BCUT2D eigenvalue weighted by Gasteiger charge is 2.46. The van der Waals surface area contributed by atoms with Gasteiger partial charge in [-0.1, -0.05) is 5.92 Å². The number of hydrogen-bond acceptors (Lipinski definition) is 7. The number of carbonyl (C=O) groups excluding carboxylic acids is 3. The van der Waals surface area contributed by atoms with Gasteiger partial charge in [-0.05, 0) is 67.9 Å². The number of likely N-dealkylation sites (N-methyl/N-ethyl adjacent to an activating group) is 1. The summed E-state index contributed by atoms with van der Waals surface area (Å²) in [4.78, 5) is 58.1. The van der Waals surface area contributed by atoms with E-state index in [0.717, 1.165) is 29.0 Å². The number of aromatic nitrogens is 5. The molecule has 0 radical (unpaired) electrons. The lowest BCUT2D eigenvalue weighted by atomic mass is 10.1. The van der Waals surface area contributed by atoms with Gasteiger partial charge in [-0.2, -0.15) is 0 Å². The third-order valence-corrected chi connectivity index (χ3v) is 7.70. The number of hydrogen-bond donors (Lipinski definition) is 1. The summed E-state index contributed by atoms with van der Waals surface area (Å²) in [5.41, 5.74) is 4.35. The third kappa shape index (κ3) is 4.78. The lowest BCUT2D eigenvalue weighted by Gasteiger charge is -2.17. The van der Waals surface area contributed by atoms with E-state index in [9.17, 15) is 14.4 Å². The molecule has 1 saturated heterocycles. The molecule has 4 aromatic rings. The lowest BCUT2D eigenvalue weighted by molar-refractivity contribution is -0.124. The van der Waals surface area contributed by atoms with Gasteiger partial charge >= 0.3 is 6.03 Å². The zero-order valence-corrected chi connectivity index (χ0v) is 22.5. The largest absolute Gasteiger partial charge is 0.331 e. The van der Waals surface area contributed by atoms with Gasteiger partial charge in [0, 0.05) is 54.9 Å². The van der Waals surface area contributed by atoms with Gasteiger partial charge in [-0.25, -0.2) is 24.7 Å². The Kier molecular flexibility index (Phi) is 5.78. The van der Waals surface area contributed by atoms with Gasteiger partial charge < -0.3 is 9.72 Å². The molecule has 3 fully saturated rings. The van der Waals surface area contributed by atoms with Crippen LogP contribution in [0, 0.1) is 24.7 Å². The minimum Gasteiger partial charge on any atom is -0.310 e. The van der Waals surface area contributed by atoms with E-state index in [1.165, 1.54) is 11.9 Å². The minimum atomic E-state index is -0.365. The normalized spacial score (nSPS) is 19.9. The fraction of sp³-hybridized carbons (Fsp3) is 0.300. The van der Waals surface area contributed by atoms with Gasteiger partial charge in [0.25, 0.3) is 0 Å². The molecule has 4 amide bonds. The van der Waals surface area contributed by atoms with Gasteiger partial charge in [-0.3, -0.25) is 19.4 Å². The molecule has 11 heteroatoms. The van der Waals surface area contributed by atoms with Crippen molar-refractivity contribution in [2.24, 2.45) is 5.92 Å². The van der Waals surface area contributed by atoms with Crippen LogP contribution in [0.15, 0.2) is 49.1 Å². The molecule has 2 saturated carbocycles. The average Bonchev–Trinajstić information content (AvgIpc) is 3.89. The molecule has 1 aliphatic heterocycles. The molecular formula is C30H26N8O3. The third-order valence-electron chi connectivity index (χ3n) is 7.70. The van der Waals surface area contributed by atoms with E-state index in [2.05, 4.69) is 32.1 Å². The van der Waals surface area contributed by atoms with Crippen molar-refractivity contribution < 1.29 is 14.4 Å². The SMILES string of the molecule is Cc1ccnc(C2CC2C(=O)Nc2cc(C#Cc3cn4cc(C5CC5)cc(N5CC(=O)N(C)C5=O)c4n3)ccn2)n1. The molecule has 11 nitrogen and oxygen atoms in total. The fourth-order valence-electron chi connectivity index (χ4n) is 5.13. The number of nitrogens with zero attached hydrogens (tertiary/aromatic N) is 7. The molecule has 0 aromatic carbocycles. The first-order valence-electron chi connectivity index (χ1n) is 13.5. The molecule has 0 bridgehead atoms. The molecule has 204 valence electrons. The Morgan fingerprint density at radius 3 is 2.63 bits per heavy atom. The first-order valence-corrected chi connectivity index (χ1v) is 13.5. The first-order chi connectivity index (χ1) is 19.8. The summed E-state index contributed by atoms with van der Waals surface area (Å²) in [5.74, 6) is 7.23. The van der Waals surface area contributed by atoms with Crippen LogP contribution in [0.3, 0.4) is 0 Å². The quantitative estimate of drug-likeness (QED) is 0.301. The summed E-state index contributed by atoms with van der Waals surface area (Å²) >= 11 is 0. The van der Waals surface area contributed by atoms with Crippen molar-refractivity contribution in [2.75, 3.05) is 23.8 Å². The van der Waals surface area contributed by atoms with E-state index >= 15 is 0 Å². The van der Waals surface area contributed by atoms with Crippen LogP contribution in [-0.4, -0.2) is 60.7 Å². The number of aryl methyl sites for hydroxylation is 1. The minimum absolute atomic E-state index is 0.0158. The van der Waals surface area contributed by atoms with E-state index in [4.69, 9.17) is 4.98 Å². The molecule has 2 atom stereocenters. The highest BCUT2D eigenvalue weighted by molar-refractivity contribution is 6.13. The standard InChI is InChI=1S/C30H26N8O3/c1-17-7-9-32-27(33-17)22-13-23(22)29(40)35-25-11-18(8-10-31-25)3-6-21-15-37-14-20(19-4-5-19)12-24(28(37)34-21)38-16-26(39)36(2)30(38)41/h7-12,14-15,19,22-23H,4-5,13,16H2,1-2H3,(H,31,35,40). The van der Waals surface area contributed by atoms with Crippen molar-refractivity contribution in [1.29, 1.82) is 0 Å². The number of imide groups is 1. The Labute approximate surface area is 235 Å². The van der Waals surface area contributed by atoms with Crippen LogP contribution in [-0.2, 0) is 9.59 Å². The number of urea groups is 1. The van der Waals surface area contributed by atoms with Crippen molar-refractivity contribution in [1.82, 2.24) is 29.2 Å². The van der Waals surface area contributed by atoms with Crippen LogP contribution in [0.4, 0.5) is 16.3 Å². The van der Waals surface area contributed by atoms with Crippen LogP contribution >= 0.6 is 0 Å². The van der Waals surface area contributed by atoms with Gasteiger partial charge in [0.15, 0.2) is 5.65 Å². The summed E-state index contributed by atoms with van der Waals surface area (Å²) in [7, 11) is 1.49. The van der Waals surface area contributed by atoms with Crippen LogP contribution in [0.25, 0.3) is 5.65 Å². The number of imidazole rings is 1. The van der Waals surface area contributed by atoms with Crippen LogP contribution < -0.4 is 10.2 Å². The summed E-state index contributed by atoms with van der Waals surface area (Å²) in [5, 5.41) is 2.89. The molecule has 7 rings (SSSR count). The van der Waals surface area contributed by atoms with E-state index in [-0.39, 0.29) is 36.2 Å². The van der Waals surface area contributed by atoms with Crippen LogP contribution in [0.1, 0.15) is 59.4 Å². The zero-order chi connectivity index (χ0) is 28.2. The van der Waals surface area contributed by atoms with E-state index in [0.29, 0.717) is 46.6 Å². The topological polar surface area (TPSA) is 126 Å². The van der Waals surface area contributed by atoms with Crippen molar-refractivity contribution >= 4 is 35.0 Å². The number of pyridine rings is 2. The molecule has 5 heterocycles. The Balaban J connectivity index is 1.11. The molecule has 0 spiro atoms. The second kappa shape index (κ2) is 9.52. The zero-order valence-electron chi connectivity index (χ0n) is 22.5. The second-order valence-electron chi connectivity index (χ2n) is 10.8. The summed E-state index contributed by atoms with van der Waals surface area (Å²) in [6, 6.07) is 6.93. The van der Waals surface area contributed by atoms with Gasteiger partial charge in [-0.15, -0.1) is 0 Å². The van der Waals surface area contributed by atoms with Gasteiger partial charge in [0.05, 0.1) is 5.69 Å². The number of rotatable bonds is 5. The first kappa shape index (κ1) is 24.9. The molecular weight excluding hydrogens is 520 g/mol. The maximum absolute atomic E-state index is 12.8. The Morgan fingerprint density at radius 2 is 1.88 bits per heavy atom.